The van der Waals surface area contributed by atoms with E-state index in [4.69, 9.17) is 4.42 Å². The Balaban J connectivity index is 1.59. The molecule has 1 unspecified atom stereocenters. The Morgan fingerprint density at radius 1 is 1.13 bits per heavy atom. The van der Waals surface area contributed by atoms with Crippen molar-refractivity contribution in [2.45, 2.75) is 26.2 Å². The molecule has 4 aromatic rings. The minimum atomic E-state index is -0.530. The van der Waals surface area contributed by atoms with Gasteiger partial charge in [-0.25, -0.2) is 4.98 Å². The third kappa shape index (κ3) is 4.30. The molecule has 0 bridgehead atoms. The first kappa shape index (κ1) is 20.3. The first-order chi connectivity index (χ1) is 14.9. The molecule has 1 aromatic heterocycles. The van der Waals surface area contributed by atoms with Crippen molar-refractivity contribution in [3.05, 3.63) is 88.0 Å². The van der Waals surface area contributed by atoms with Gasteiger partial charge in [-0.2, -0.15) is 0 Å². The van der Waals surface area contributed by atoms with Crippen LogP contribution in [0.15, 0.2) is 71.1 Å². The molecule has 0 aliphatic carbocycles. The average molecular weight is 415 g/mol. The predicted octanol–water partition coefficient (Wildman–Crippen LogP) is 6.17. The summed E-state index contributed by atoms with van der Waals surface area (Å²) in [6.07, 6.45) is 1.04. The van der Waals surface area contributed by atoms with Gasteiger partial charge in [-0.05, 0) is 54.3 Å². The summed E-state index contributed by atoms with van der Waals surface area (Å²) in [6, 6.07) is 18.8. The maximum atomic E-state index is 12.5. The number of amides is 1. The number of nitrogens with zero attached hydrogens (tertiary/aromatic N) is 2. The summed E-state index contributed by atoms with van der Waals surface area (Å²) in [6.45, 7) is 4.33. The second-order valence-electron chi connectivity index (χ2n) is 7.40. The van der Waals surface area contributed by atoms with Gasteiger partial charge >= 0.3 is 0 Å². The summed E-state index contributed by atoms with van der Waals surface area (Å²) in [4.78, 5) is 27.6. The number of nitro benzene ring substituents is 1. The van der Waals surface area contributed by atoms with Gasteiger partial charge in [0.2, 0.25) is 5.89 Å². The fourth-order valence-corrected chi connectivity index (χ4v) is 3.30. The van der Waals surface area contributed by atoms with Crippen LogP contribution in [0.4, 0.5) is 11.4 Å². The van der Waals surface area contributed by atoms with E-state index in [9.17, 15) is 14.9 Å². The third-order valence-electron chi connectivity index (χ3n) is 5.28. The zero-order valence-electron chi connectivity index (χ0n) is 17.2. The predicted molar refractivity (Wildman–Crippen MR) is 119 cm³/mol. The molecule has 31 heavy (non-hydrogen) atoms. The van der Waals surface area contributed by atoms with Crippen LogP contribution in [0, 0.1) is 10.1 Å². The van der Waals surface area contributed by atoms with Gasteiger partial charge in [0.25, 0.3) is 11.6 Å². The lowest BCUT2D eigenvalue weighted by molar-refractivity contribution is -0.384. The summed E-state index contributed by atoms with van der Waals surface area (Å²) in [5, 5.41) is 13.7. The highest BCUT2D eigenvalue weighted by Gasteiger charge is 2.14. The molecule has 7 nitrogen and oxygen atoms in total. The lowest BCUT2D eigenvalue weighted by atomic mass is 9.98. The van der Waals surface area contributed by atoms with Crippen molar-refractivity contribution in [3.63, 3.8) is 0 Å². The fraction of sp³-hybridized carbons (Fsp3) is 0.167. The highest BCUT2D eigenvalue weighted by Crippen LogP contribution is 2.29. The van der Waals surface area contributed by atoms with E-state index in [1.165, 1.54) is 29.8 Å². The van der Waals surface area contributed by atoms with Crippen LogP contribution in [0.2, 0.25) is 0 Å². The van der Waals surface area contributed by atoms with Gasteiger partial charge in [0.15, 0.2) is 5.58 Å². The molecule has 0 saturated heterocycles. The largest absolute Gasteiger partial charge is 0.436 e. The minimum absolute atomic E-state index is 0.135. The lowest BCUT2D eigenvalue weighted by Crippen LogP contribution is -2.12. The van der Waals surface area contributed by atoms with Crippen LogP contribution in [-0.2, 0) is 0 Å². The molecule has 0 aliphatic rings. The number of fused-ring (bicyclic) bond motifs is 1. The van der Waals surface area contributed by atoms with Crippen LogP contribution in [0.3, 0.4) is 0 Å². The van der Waals surface area contributed by atoms with E-state index in [0.29, 0.717) is 23.1 Å². The highest BCUT2D eigenvalue weighted by molar-refractivity contribution is 6.04. The van der Waals surface area contributed by atoms with Crippen LogP contribution in [0.1, 0.15) is 42.1 Å². The third-order valence-corrected chi connectivity index (χ3v) is 5.28. The summed E-state index contributed by atoms with van der Waals surface area (Å²) in [7, 11) is 0. The van der Waals surface area contributed by atoms with E-state index in [1.54, 1.807) is 18.2 Å². The Labute approximate surface area is 178 Å². The molecule has 0 aliphatic heterocycles. The molecule has 0 saturated carbocycles. The van der Waals surface area contributed by atoms with Crippen molar-refractivity contribution < 1.29 is 14.1 Å². The number of hydrogen-bond donors (Lipinski definition) is 1. The molecule has 4 rings (SSSR count). The number of carbonyl (C=O) groups excluding carboxylic acids is 1. The van der Waals surface area contributed by atoms with Gasteiger partial charge in [-0.3, -0.25) is 14.9 Å². The van der Waals surface area contributed by atoms with E-state index in [1.807, 2.05) is 18.2 Å². The number of rotatable bonds is 6. The molecule has 1 heterocycles. The van der Waals surface area contributed by atoms with E-state index in [0.717, 1.165) is 17.5 Å². The Kier molecular flexibility index (Phi) is 5.49. The van der Waals surface area contributed by atoms with Crippen LogP contribution < -0.4 is 5.32 Å². The first-order valence-electron chi connectivity index (χ1n) is 10.0. The maximum Gasteiger partial charge on any atom is 0.270 e. The van der Waals surface area contributed by atoms with Crippen LogP contribution in [0.25, 0.3) is 22.6 Å². The Morgan fingerprint density at radius 2 is 1.94 bits per heavy atom. The SMILES string of the molecule is CCC(C)c1ccc2oc(-c3cccc(NC(=O)c4cccc([N+](=O)[O-])c4)c3)nc2c1. The molecule has 1 N–H and O–H groups in total. The molecule has 1 amide bonds. The normalized spacial score (nSPS) is 11.9. The number of carbonyl (C=O) groups is 1. The summed E-state index contributed by atoms with van der Waals surface area (Å²) >= 11 is 0. The van der Waals surface area contributed by atoms with Gasteiger partial charge in [-0.15, -0.1) is 0 Å². The van der Waals surface area contributed by atoms with Crippen LogP contribution >= 0.6 is 0 Å². The zero-order chi connectivity index (χ0) is 22.0. The maximum absolute atomic E-state index is 12.5. The van der Waals surface area contributed by atoms with Gasteiger partial charge < -0.3 is 9.73 Å². The van der Waals surface area contributed by atoms with Crippen molar-refractivity contribution in [1.29, 1.82) is 0 Å². The number of non-ortho nitro benzene ring substituents is 1. The number of benzene rings is 3. The molecule has 156 valence electrons. The number of oxazole rings is 1. The molecular formula is C24H21N3O4. The van der Waals surface area contributed by atoms with E-state index >= 15 is 0 Å². The molecule has 1 atom stereocenters. The second-order valence-corrected chi connectivity index (χ2v) is 7.40. The van der Waals surface area contributed by atoms with Gasteiger partial charge in [0.05, 0.1) is 4.92 Å². The Morgan fingerprint density at radius 3 is 2.71 bits per heavy atom. The molecule has 0 spiro atoms. The zero-order valence-corrected chi connectivity index (χ0v) is 17.2. The van der Waals surface area contributed by atoms with Gasteiger partial charge in [0, 0.05) is 28.9 Å². The highest BCUT2D eigenvalue weighted by atomic mass is 16.6. The number of aromatic nitrogens is 1. The van der Waals surface area contributed by atoms with E-state index in [2.05, 4.69) is 30.2 Å². The number of hydrogen-bond acceptors (Lipinski definition) is 5. The Hall–Kier alpha value is -4.00. The second kappa shape index (κ2) is 8.39. The molecule has 3 aromatic carbocycles. The summed E-state index contributed by atoms with van der Waals surface area (Å²) < 4.78 is 5.91. The van der Waals surface area contributed by atoms with E-state index < -0.39 is 10.8 Å². The Bertz CT molecular complexity index is 1280. The monoisotopic (exact) mass is 415 g/mol. The minimum Gasteiger partial charge on any atom is -0.436 e. The van der Waals surface area contributed by atoms with Crippen molar-refractivity contribution in [2.75, 3.05) is 5.32 Å². The van der Waals surface area contributed by atoms with E-state index in [-0.39, 0.29) is 11.3 Å². The van der Waals surface area contributed by atoms with Crippen molar-refractivity contribution in [2.24, 2.45) is 0 Å². The van der Waals surface area contributed by atoms with Crippen LogP contribution in [0.5, 0.6) is 0 Å². The van der Waals surface area contributed by atoms with Crippen molar-refractivity contribution in [3.8, 4) is 11.5 Å². The number of nitrogens with one attached hydrogen (secondary N) is 1. The van der Waals surface area contributed by atoms with Crippen molar-refractivity contribution >= 4 is 28.4 Å². The van der Waals surface area contributed by atoms with Crippen LogP contribution in [-0.4, -0.2) is 15.8 Å². The summed E-state index contributed by atoms with van der Waals surface area (Å²) in [5.41, 5.74) is 4.04. The summed E-state index contributed by atoms with van der Waals surface area (Å²) in [5.74, 6) is 0.469. The number of nitro groups is 1. The van der Waals surface area contributed by atoms with Crippen molar-refractivity contribution in [1.82, 2.24) is 4.98 Å². The molecule has 0 radical (unpaired) electrons. The van der Waals surface area contributed by atoms with Gasteiger partial charge in [0.1, 0.15) is 5.52 Å². The van der Waals surface area contributed by atoms with Gasteiger partial charge in [-0.1, -0.05) is 32.0 Å². The smallest absolute Gasteiger partial charge is 0.270 e. The molecule has 0 fully saturated rings. The topological polar surface area (TPSA) is 98.3 Å². The molecular weight excluding hydrogens is 394 g/mol. The standard InChI is InChI=1S/C24H21N3O4/c1-3-15(2)16-10-11-22-21(14-16)26-24(31-22)18-7-4-8-19(12-18)25-23(28)17-6-5-9-20(13-17)27(29)30/h4-15H,3H2,1-2H3,(H,25,28). The first-order valence-corrected chi connectivity index (χ1v) is 10.0. The fourth-order valence-electron chi connectivity index (χ4n) is 3.30. The quantitative estimate of drug-likeness (QED) is 0.300. The molecule has 7 heteroatoms. The number of anilines is 1. The lowest BCUT2D eigenvalue weighted by Gasteiger charge is -2.07. The average Bonchev–Trinajstić information content (AvgIpc) is 3.22.